The van der Waals surface area contributed by atoms with Crippen molar-refractivity contribution in [1.82, 2.24) is 15.2 Å². The molecule has 0 aliphatic rings. The number of hydrogen-bond donors (Lipinski definition) is 0. The van der Waals surface area contributed by atoms with Gasteiger partial charge < -0.3 is 0 Å². The molecular weight excluding hydrogens is 150 g/mol. The molecule has 56 valence electrons. The number of nitrogens with zero attached hydrogens (tertiary/aromatic N) is 3. The fraction of sp³-hybridized carbons (Fsp3) is 0. The summed E-state index contributed by atoms with van der Waals surface area (Å²) in [6.07, 6.45) is 7.01. The molecule has 0 spiro atoms. The summed E-state index contributed by atoms with van der Waals surface area (Å²) >= 11 is 0. The molecule has 0 unspecified atom stereocenters. The molecule has 0 aliphatic carbocycles. The molecule has 0 aromatic carbocycles. The van der Waals surface area contributed by atoms with Gasteiger partial charge in [0.1, 0.15) is 6.20 Å². The quantitative estimate of drug-likeness (QED) is 0.619. The van der Waals surface area contributed by atoms with Crippen molar-refractivity contribution in [2.24, 2.45) is 0 Å². The molecule has 0 saturated heterocycles. The van der Waals surface area contributed by atoms with Gasteiger partial charge in [0, 0.05) is 11.8 Å². The highest BCUT2D eigenvalue weighted by atomic mass is 15.1. The lowest BCUT2D eigenvalue weighted by atomic mass is 10.2. The number of hydrogen-bond acceptors (Lipinski definition) is 3. The minimum atomic E-state index is 0.801. The van der Waals surface area contributed by atoms with E-state index in [0.717, 1.165) is 11.3 Å². The van der Waals surface area contributed by atoms with Gasteiger partial charge in [-0.15, -0.1) is 10.2 Å². The summed E-state index contributed by atoms with van der Waals surface area (Å²) in [6, 6.07) is 7.19. The molecule has 0 aliphatic heterocycles. The topological polar surface area (TPSA) is 38.7 Å². The smallest absolute Gasteiger partial charge is 0.113 e. The molecule has 0 atom stereocenters. The van der Waals surface area contributed by atoms with Crippen LogP contribution in [0.4, 0.5) is 0 Å². The van der Waals surface area contributed by atoms with Crippen molar-refractivity contribution in [3.8, 4) is 11.3 Å². The van der Waals surface area contributed by atoms with E-state index in [1.165, 1.54) is 0 Å². The van der Waals surface area contributed by atoms with Gasteiger partial charge in [-0.05, 0) is 24.3 Å². The second-order valence-electron chi connectivity index (χ2n) is 2.22. The normalized spacial score (nSPS) is 9.67. The highest BCUT2D eigenvalue weighted by molar-refractivity contribution is 5.56. The monoisotopic (exact) mass is 155 g/mol. The van der Waals surface area contributed by atoms with Gasteiger partial charge in [-0.25, -0.2) is 0 Å². The predicted molar refractivity (Wildman–Crippen MR) is 42.9 cm³/mol. The second-order valence-corrected chi connectivity index (χ2v) is 2.22. The van der Waals surface area contributed by atoms with Gasteiger partial charge in [-0.3, -0.25) is 4.98 Å². The van der Waals surface area contributed by atoms with Crippen molar-refractivity contribution < 1.29 is 0 Å². The number of pyridine rings is 1. The largest absolute Gasteiger partial charge is 0.254 e. The Balaban J connectivity index is 2.46. The van der Waals surface area contributed by atoms with Gasteiger partial charge >= 0.3 is 0 Å². The Labute approximate surface area is 70.1 Å². The third kappa shape index (κ3) is 1.29. The van der Waals surface area contributed by atoms with Crippen LogP contribution in [-0.2, 0) is 0 Å². The first-order valence-electron chi connectivity index (χ1n) is 3.49. The van der Waals surface area contributed by atoms with E-state index in [2.05, 4.69) is 27.6 Å². The zero-order valence-corrected chi connectivity index (χ0v) is 6.23. The van der Waals surface area contributed by atoms with Gasteiger partial charge in [0.2, 0.25) is 0 Å². The van der Waals surface area contributed by atoms with E-state index in [1.807, 2.05) is 12.1 Å². The summed E-state index contributed by atoms with van der Waals surface area (Å²) in [6.45, 7) is 0. The summed E-state index contributed by atoms with van der Waals surface area (Å²) in [5.41, 5.74) is 1.74. The van der Waals surface area contributed by atoms with Gasteiger partial charge in [0.15, 0.2) is 0 Å². The molecule has 2 heterocycles. The van der Waals surface area contributed by atoms with Crippen molar-refractivity contribution in [3.63, 3.8) is 0 Å². The molecule has 0 bridgehead atoms. The van der Waals surface area contributed by atoms with Crippen LogP contribution in [0.1, 0.15) is 0 Å². The van der Waals surface area contributed by atoms with Crippen molar-refractivity contribution in [2.75, 3.05) is 0 Å². The van der Waals surface area contributed by atoms with Crippen LogP contribution in [0.3, 0.4) is 0 Å². The standard InChI is InChI=1S/C9H5N3/c1-3-8(7-10-5-1)9-4-2-6-11-12-9/h1-4,7H. The predicted octanol–water partition coefficient (Wildman–Crippen LogP) is 1.14. The van der Waals surface area contributed by atoms with Crippen LogP contribution in [-0.4, -0.2) is 15.2 Å². The number of aromatic nitrogens is 3. The summed E-state index contributed by atoms with van der Waals surface area (Å²) < 4.78 is 0. The van der Waals surface area contributed by atoms with Gasteiger partial charge in [-0.1, -0.05) is 0 Å². The van der Waals surface area contributed by atoms with Crippen molar-refractivity contribution in [3.05, 3.63) is 42.9 Å². The third-order valence-electron chi connectivity index (χ3n) is 1.44. The summed E-state index contributed by atoms with van der Waals surface area (Å²) in [5.74, 6) is 0. The molecule has 2 aromatic heterocycles. The van der Waals surface area contributed by atoms with Crippen molar-refractivity contribution in [1.29, 1.82) is 0 Å². The Kier molecular flexibility index (Phi) is 1.78. The lowest BCUT2D eigenvalue weighted by Gasteiger charge is -1.95. The van der Waals surface area contributed by atoms with Crippen LogP contribution in [0.5, 0.6) is 0 Å². The van der Waals surface area contributed by atoms with Gasteiger partial charge in [0.25, 0.3) is 0 Å². The molecule has 12 heavy (non-hydrogen) atoms. The van der Waals surface area contributed by atoms with Gasteiger partial charge in [0.05, 0.1) is 11.9 Å². The van der Waals surface area contributed by atoms with E-state index in [-0.39, 0.29) is 0 Å². The minimum absolute atomic E-state index is 0.801. The van der Waals surface area contributed by atoms with E-state index in [9.17, 15) is 0 Å². The van der Waals surface area contributed by atoms with Crippen LogP contribution in [0.25, 0.3) is 11.3 Å². The maximum Gasteiger partial charge on any atom is 0.113 e. The van der Waals surface area contributed by atoms with Crippen molar-refractivity contribution >= 4 is 0 Å². The summed E-state index contributed by atoms with van der Waals surface area (Å²) in [7, 11) is 0. The van der Waals surface area contributed by atoms with Crippen LogP contribution in [0, 0.1) is 12.4 Å². The van der Waals surface area contributed by atoms with Gasteiger partial charge in [-0.2, -0.15) is 0 Å². The second kappa shape index (κ2) is 3.09. The molecule has 2 radical (unpaired) electrons. The zero-order valence-electron chi connectivity index (χ0n) is 6.23. The summed E-state index contributed by atoms with van der Waals surface area (Å²) in [4.78, 5) is 3.86. The van der Waals surface area contributed by atoms with Crippen LogP contribution < -0.4 is 0 Å². The minimum Gasteiger partial charge on any atom is -0.254 e. The first kappa shape index (κ1) is 6.91. The molecule has 0 saturated carbocycles. The lowest BCUT2D eigenvalue weighted by Crippen LogP contribution is -1.85. The summed E-state index contributed by atoms with van der Waals surface area (Å²) in [5, 5.41) is 7.54. The van der Waals surface area contributed by atoms with Crippen LogP contribution in [0.15, 0.2) is 30.5 Å². The van der Waals surface area contributed by atoms with E-state index >= 15 is 0 Å². The average molecular weight is 155 g/mol. The van der Waals surface area contributed by atoms with Crippen LogP contribution in [0.2, 0.25) is 0 Å². The first-order valence-corrected chi connectivity index (χ1v) is 3.49. The van der Waals surface area contributed by atoms with Crippen LogP contribution >= 0.6 is 0 Å². The SMILES string of the molecule is [c]1ccc(-c2cc[c]nn2)cn1. The Morgan fingerprint density at radius 1 is 1.08 bits per heavy atom. The molecule has 3 nitrogen and oxygen atoms in total. The first-order chi connectivity index (χ1) is 5.97. The lowest BCUT2D eigenvalue weighted by molar-refractivity contribution is 1.03. The van der Waals surface area contributed by atoms with Crippen molar-refractivity contribution in [2.45, 2.75) is 0 Å². The molecule has 0 N–H and O–H groups in total. The highest BCUT2D eigenvalue weighted by Gasteiger charge is 1.96. The Bertz CT molecular complexity index is 307. The molecule has 0 amide bonds. The zero-order chi connectivity index (χ0) is 8.23. The Morgan fingerprint density at radius 3 is 2.67 bits per heavy atom. The maximum atomic E-state index is 3.89. The third-order valence-corrected chi connectivity index (χ3v) is 1.44. The fourth-order valence-corrected chi connectivity index (χ4v) is 0.891. The molecule has 3 heteroatoms. The number of rotatable bonds is 1. The fourth-order valence-electron chi connectivity index (χ4n) is 0.891. The molecule has 0 fully saturated rings. The van der Waals surface area contributed by atoms with E-state index < -0.39 is 0 Å². The molecule has 2 aromatic rings. The average Bonchev–Trinajstić information content (AvgIpc) is 2.21. The molecular formula is C9H5N3. The molecule has 2 rings (SSSR count). The Hall–Kier alpha value is -1.77. The maximum absolute atomic E-state index is 3.89. The van der Waals surface area contributed by atoms with E-state index in [0.29, 0.717) is 0 Å². The Morgan fingerprint density at radius 2 is 2.00 bits per heavy atom. The highest BCUT2D eigenvalue weighted by Crippen LogP contribution is 2.11. The van der Waals surface area contributed by atoms with E-state index in [1.54, 1.807) is 18.3 Å². The van der Waals surface area contributed by atoms with E-state index in [4.69, 9.17) is 0 Å².